The number of unbranched alkanes of at least 4 members (excludes halogenated alkanes) is 4. The molecule has 0 bridgehead atoms. The number of aromatic carboxylic acids is 1. The first kappa shape index (κ1) is 47.6. The van der Waals surface area contributed by atoms with Crippen molar-refractivity contribution in [3.8, 4) is 0 Å². The fourth-order valence-electron chi connectivity index (χ4n) is 3.13. The molecule has 0 aliphatic heterocycles. The lowest BCUT2D eigenvalue weighted by atomic mass is 10.1. The predicted octanol–water partition coefficient (Wildman–Crippen LogP) is 4.92. The Morgan fingerprint density at radius 3 is 1.66 bits per heavy atom. The number of nitrogens with one attached hydrogen (secondary N) is 1. The molecule has 0 aromatic carbocycles. The lowest BCUT2D eigenvalue weighted by Crippen LogP contribution is -2.41. The smallest absolute Gasteiger partial charge is 0.337 e. The summed E-state index contributed by atoms with van der Waals surface area (Å²) in [5.41, 5.74) is 5.69. The number of halogens is 2. The van der Waals surface area contributed by atoms with Crippen molar-refractivity contribution in [2.45, 2.75) is 84.7 Å². The molecule has 2 aromatic heterocycles. The summed E-state index contributed by atoms with van der Waals surface area (Å²) in [6.07, 6.45) is 9.44. The van der Waals surface area contributed by atoms with Crippen LogP contribution in [0, 0.1) is 11.9 Å². The summed E-state index contributed by atoms with van der Waals surface area (Å²) in [6.45, 7) is 4.17. The average molecular weight is 667 g/mol. The van der Waals surface area contributed by atoms with Gasteiger partial charge in [0.1, 0.15) is 12.1 Å². The molecule has 44 heavy (non-hydrogen) atoms. The van der Waals surface area contributed by atoms with Crippen LogP contribution in [0.5, 0.6) is 0 Å². The Morgan fingerprint density at radius 1 is 0.818 bits per heavy atom. The fourth-order valence-corrected chi connectivity index (χ4v) is 3.13. The van der Waals surface area contributed by atoms with E-state index in [-0.39, 0.29) is 51.5 Å². The van der Waals surface area contributed by atoms with Crippen molar-refractivity contribution in [2.75, 3.05) is 14.2 Å². The van der Waals surface area contributed by atoms with Gasteiger partial charge in [0.25, 0.3) is 5.91 Å². The van der Waals surface area contributed by atoms with Crippen molar-refractivity contribution in [3.63, 3.8) is 0 Å². The number of esters is 2. The normalized spacial score (nSPS) is 10.6. The number of hydrogen-bond donors (Lipinski definition) is 3. The minimum Gasteiger partial charge on any atom is -0.478 e. The van der Waals surface area contributed by atoms with E-state index in [1.165, 1.54) is 20.3 Å². The second-order valence-corrected chi connectivity index (χ2v) is 8.71. The van der Waals surface area contributed by atoms with E-state index in [4.69, 9.17) is 10.8 Å². The first-order chi connectivity index (χ1) is 19.5. The number of amides is 1. The number of aromatic nitrogens is 2. The van der Waals surface area contributed by atoms with Crippen molar-refractivity contribution in [1.82, 2.24) is 15.3 Å². The van der Waals surface area contributed by atoms with Crippen LogP contribution < -0.4 is 11.1 Å². The molecule has 2 atom stereocenters. The largest absolute Gasteiger partial charge is 0.478 e. The first-order valence-corrected chi connectivity index (χ1v) is 13.2. The zero-order chi connectivity index (χ0) is 31.2. The van der Waals surface area contributed by atoms with E-state index in [0.717, 1.165) is 75.5 Å². The van der Waals surface area contributed by atoms with Crippen LogP contribution in [0.1, 0.15) is 93.4 Å². The van der Waals surface area contributed by atoms with E-state index in [9.17, 15) is 28.0 Å². The molecule has 0 saturated heterocycles. The molecule has 0 aliphatic rings. The Balaban J connectivity index is -0.000000286. The Bertz CT molecular complexity index is 1070. The summed E-state index contributed by atoms with van der Waals surface area (Å²) in [6, 6.07) is 3.46. The molecule has 0 spiro atoms. The molecule has 11 nitrogen and oxygen atoms in total. The number of carbonyl (C=O) groups is 4. The van der Waals surface area contributed by atoms with Crippen LogP contribution >= 0.6 is 27.0 Å². The molecule has 1 amide bonds. The quantitative estimate of drug-likeness (QED) is 0.151. The lowest BCUT2D eigenvalue weighted by molar-refractivity contribution is -0.143. The van der Waals surface area contributed by atoms with Crippen LogP contribution in [0.25, 0.3) is 0 Å². The molecule has 2 aromatic rings. The van der Waals surface area contributed by atoms with Crippen LogP contribution in [0.15, 0.2) is 36.7 Å². The maximum atomic E-state index is 12.7. The Labute approximate surface area is 272 Å². The van der Waals surface area contributed by atoms with Gasteiger partial charge >= 0.3 is 17.9 Å². The average Bonchev–Trinajstić information content (AvgIpc) is 2.97. The van der Waals surface area contributed by atoms with Crippen LogP contribution in [-0.4, -0.2) is 65.2 Å². The van der Waals surface area contributed by atoms with Gasteiger partial charge in [0.15, 0.2) is 0 Å². The summed E-state index contributed by atoms with van der Waals surface area (Å²) >= 11 is 0. The highest BCUT2D eigenvalue weighted by atomic mass is 32.1. The molecule has 252 valence electrons. The van der Waals surface area contributed by atoms with Gasteiger partial charge in [0.05, 0.1) is 25.3 Å². The summed E-state index contributed by atoms with van der Waals surface area (Å²) < 4.78 is 33.9. The van der Waals surface area contributed by atoms with Crippen molar-refractivity contribution in [3.05, 3.63) is 59.7 Å². The molecule has 2 heterocycles. The van der Waals surface area contributed by atoms with E-state index < -0.39 is 41.8 Å². The number of nitrogens with zero attached hydrogens (tertiary/aromatic N) is 2. The third-order valence-electron chi connectivity index (χ3n) is 5.47. The lowest BCUT2D eigenvalue weighted by Gasteiger charge is -2.16. The summed E-state index contributed by atoms with van der Waals surface area (Å²) in [5, 5.41) is 10.9. The number of hydrogen-bond acceptors (Lipinski definition) is 9. The molecule has 0 aliphatic carbocycles. The molecular formula is C29H48F2N4O7S2. The van der Waals surface area contributed by atoms with Crippen LogP contribution in [0.4, 0.5) is 8.78 Å². The van der Waals surface area contributed by atoms with Crippen LogP contribution in [-0.2, 0) is 19.1 Å². The number of carbonyl (C=O) groups excluding carboxylic acids is 3. The standard InChI is InChI=1S/C14H19FN2O3.C8H17NO2.C6H4FNO2.CH4.2H2S/c1-3-4-5-6-11(14(19)20-2)17-13(18)10-7-8-12(15)16-9-10;1-3-4-5-6-7(9)8(10)11-2;7-5-2-1-4(3-8-5)6(9)10;;;/h7-9,11H,3-6H2,1-2H3,(H,17,18);7H,3-6,9H2,1-2H3;1-3H,(H,9,10);1H4;2*1H2/t11-;7-;;;;/m00..../s1. The second kappa shape index (κ2) is 28.5. The maximum absolute atomic E-state index is 12.7. The van der Waals surface area contributed by atoms with Crippen molar-refractivity contribution >= 4 is 50.8 Å². The number of carboxylic acids is 1. The summed E-state index contributed by atoms with van der Waals surface area (Å²) in [5.74, 6) is -3.69. The summed E-state index contributed by atoms with van der Waals surface area (Å²) in [7, 11) is 2.64. The Hall–Kier alpha value is -3.30. The van der Waals surface area contributed by atoms with Gasteiger partial charge in [-0.1, -0.05) is 59.8 Å². The predicted molar refractivity (Wildman–Crippen MR) is 174 cm³/mol. The minimum atomic E-state index is -1.10. The van der Waals surface area contributed by atoms with Gasteiger partial charge in [0, 0.05) is 12.4 Å². The molecular weight excluding hydrogens is 618 g/mol. The van der Waals surface area contributed by atoms with Crippen molar-refractivity contribution < 1.29 is 42.5 Å². The molecule has 0 fully saturated rings. The first-order valence-electron chi connectivity index (χ1n) is 13.2. The third-order valence-corrected chi connectivity index (χ3v) is 5.47. The van der Waals surface area contributed by atoms with Crippen molar-refractivity contribution in [1.29, 1.82) is 0 Å². The number of rotatable bonds is 13. The number of carboxylic acid groups (broad SMARTS) is 1. The maximum Gasteiger partial charge on any atom is 0.337 e. The Kier molecular flexibility index (Phi) is 30.8. The van der Waals surface area contributed by atoms with Gasteiger partial charge in [-0.3, -0.25) is 9.59 Å². The molecule has 0 unspecified atom stereocenters. The molecule has 2 rings (SSSR count). The van der Waals surface area contributed by atoms with E-state index in [2.05, 4.69) is 38.6 Å². The SMILES string of the molecule is C.CCCCC[C@H](N)C(=O)OC.CCCCC[C@H](NC(=O)c1ccc(F)nc1)C(=O)OC.O=C(O)c1ccc(F)nc1.S.S. The fraction of sp³-hybridized carbons (Fsp3) is 0.517. The van der Waals surface area contributed by atoms with E-state index in [0.29, 0.717) is 6.42 Å². The zero-order valence-electron chi connectivity index (χ0n) is 24.9. The third kappa shape index (κ3) is 21.4. The van der Waals surface area contributed by atoms with Crippen LogP contribution in [0.2, 0.25) is 0 Å². The van der Waals surface area contributed by atoms with E-state index >= 15 is 0 Å². The molecule has 4 N–H and O–H groups in total. The Morgan fingerprint density at radius 2 is 1.27 bits per heavy atom. The number of nitrogens with two attached hydrogens (primary N) is 1. The van der Waals surface area contributed by atoms with Gasteiger partial charge in [-0.15, -0.1) is 0 Å². The number of pyridine rings is 2. The molecule has 0 radical (unpaired) electrons. The van der Waals surface area contributed by atoms with Gasteiger partial charge < -0.3 is 25.6 Å². The highest BCUT2D eigenvalue weighted by Gasteiger charge is 2.21. The van der Waals surface area contributed by atoms with Gasteiger partial charge in [-0.25, -0.2) is 19.6 Å². The van der Waals surface area contributed by atoms with Gasteiger partial charge in [-0.05, 0) is 37.1 Å². The molecule has 15 heteroatoms. The van der Waals surface area contributed by atoms with Gasteiger partial charge in [-0.2, -0.15) is 35.8 Å². The zero-order valence-corrected chi connectivity index (χ0v) is 26.9. The second-order valence-electron chi connectivity index (χ2n) is 8.71. The van der Waals surface area contributed by atoms with Crippen LogP contribution in [0.3, 0.4) is 0 Å². The van der Waals surface area contributed by atoms with Crippen molar-refractivity contribution in [2.24, 2.45) is 5.73 Å². The number of methoxy groups -OCH3 is 2. The monoisotopic (exact) mass is 666 g/mol. The van der Waals surface area contributed by atoms with Gasteiger partial charge in [0.2, 0.25) is 11.9 Å². The summed E-state index contributed by atoms with van der Waals surface area (Å²) in [4.78, 5) is 51.0. The van der Waals surface area contributed by atoms with E-state index in [1.807, 2.05) is 0 Å². The highest BCUT2D eigenvalue weighted by Crippen LogP contribution is 2.07. The topological polar surface area (TPSA) is 171 Å². The van der Waals surface area contributed by atoms with E-state index in [1.54, 1.807) is 0 Å². The minimum absolute atomic E-state index is 0. The molecule has 0 saturated carbocycles. The highest BCUT2D eigenvalue weighted by molar-refractivity contribution is 7.59. The number of ether oxygens (including phenoxy) is 2.